The lowest BCUT2D eigenvalue weighted by molar-refractivity contribution is 0.344. The van der Waals surface area contributed by atoms with Crippen molar-refractivity contribution in [3.05, 3.63) is 73.3 Å². The van der Waals surface area contributed by atoms with Gasteiger partial charge in [-0.3, -0.25) is 4.57 Å². The molecule has 6 heteroatoms. The zero-order valence-electron chi connectivity index (χ0n) is 14.7. The van der Waals surface area contributed by atoms with E-state index in [9.17, 15) is 0 Å². The van der Waals surface area contributed by atoms with Crippen LogP contribution in [0, 0.1) is 0 Å². The van der Waals surface area contributed by atoms with Crippen molar-refractivity contribution in [2.75, 3.05) is 12.4 Å². The average molecular weight is 377 g/mol. The van der Waals surface area contributed by atoms with Crippen LogP contribution in [0.15, 0.2) is 82.9 Å². The van der Waals surface area contributed by atoms with Crippen LogP contribution in [0.25, 0.3) is 22.6 Å². The van der Waals surface area contributed by atoms with Gasteiger partial charge in [0.1, 0.15) is 11.3 Å². The second kappa shape index (κ2) is 8.14. The van der Waals surface area contributed by atoms with Gasteiger partial charge in [0.25, 0.3) is 0 Å². The van der Waals surface area contributed by atoms with Gasteiger partial charge in [0.15, 0.2) is 10.9 Å². The summed E-state index contributed by atoms with van der Waals surface area (Å²) in [5.74, 6) is 3.05. The Morgan fingerprint density at radius 2 is 1.89 bits per heavy atom. The summed E-state index contributed by atoms with van der Waals surface area (Å²) in [7, 11) is 0. The van der Waals surface area contributed by atoms with E-state index < -0.39 is 0 Å². The van der Waals surface area contributed by atoms with Crippen molar-refractivity contribution in [3.63, 3.8) is 0 Å². The molecule has 0 radical (unpaired) electrons. The molecule has 0 amide bonds. The quantitative estimate of drug-likeness (QED) is 0.244. The second-order valence-corrected chi connectivity index (χ2v) is 6.93. The van der Waals surface area contributed by atoms with Gasteiger partial charge in [-0.25, -0.2) is 0 Å². The first-order valence-electron chi connectivity index (χ1n) is 8.69. The molecular formula is C21H19N3O2S. The molecule has 2 heterocycles. The number of furan rings is 1. The van der Waals surface area contributed by atoms with Crippen molar-refractivity contribution in [1.82, 2.24) is 14.8 Å². The van der Waals surface area contributed by atoms with Crippen LogP contribution in [0.4, 0.5) is 0 Å². The Bertz CT molecular complexity index is 1010. The number of benzene rings is 2. The van der Waals surface area contributed by atoms with E-state index in [1.807, 2.05) is 71.3 Å². The average Bonchev–Trinajstić information content (AvgIpc) is 3.30. The summed E-state index contributed by atoms with van der Waals surface area (Å²) in [4.78, 5) is 0. The normalized spacial score (nSPS) is 11.0. The summed E-state index contributed by atoms with van der Waals surface area (Å²) in [6, 6.07) is 19.7. The Hall–Kier alpha value is -2.99. The van der Waals surface area contributed by atoms with E-state index in [-0.39, 0.29) is 0 Å². The summed E-state index contributed by atoms with van der Waals surface area (Å²) in [6.07, 6.45) is 1.83. The van der Waals surface area contributed by atoms with Gasteiger partial charge in [0.2, 0.25) is 5.82 Å². The summed E-state index contributed by atoms with van der Waals surface area (Å²) in [5.41, 5.74) is 0.839. The predicted molar refractivity (Wildman–Crippen MR) is 108 cm³/mol. The number of hydrogen-bond donors (Lipinski definition) is 0. The second-order valence-electron chi connectivity index (χ2n) is 5.86. The smallest absolute Gasteiger partial charge is 0.200 e. The van der Waals surface area contributed by atoms with Crippen LogP contribution in [0.2, 0.25) is 0 Å². The third-order valence-electron chi connectivity index (χ3n) is 4.00. The van der Waals surface area contributed by atoms with Crippen molar-refractivity contribution in [2.24, 2.45) is 0 Å². The van der Waals surface area contributed by atoms with E-state index in [0.717, 1.165) is 27.6 Å². The first-order chi connectivity index (χ1) is 13.3. The van der Waals surface area contributed by atoms with E-state index in [0.29, 0.717) is 24.7 Å². The predicted octanol–water partition coefficient (Wildman–Crippen LogP) is 5.05. The lowest BCUT2D eigenvalue weighted by Crippen LogP contribution is -2.03. The molecule has 0 aliphatic carbocycles. The molecular weight excluding hydrogens is 358 g/mol. The Balaban J connectivity index is 1.49. The number of thioether (sulfide) groups is 1. The highest BCUT2D eigenvalue weighted by molar-refractivity contribution is 7.99. The van der Waals surface area contributed by atoms with Crippen molar-refractivity contribution >= 4 is 22.7 Å². The van der Waals surface area contributed by atoms with Gasteiger partial charge in [0.05, 0.1) is 6.61 Å². The van der Waals surface area contributed by atoms with Gasteiger partial charge in [-0.2, -0.15) is 0 Å². The Kier molecular flexibility index (Phi) is 5.25. The molecule has 27 heavy (non-hydrogen) atoms. The van der Waals surface area contributed by atoms with Crippen LogP contribution in [0.1, 0.15) is 0 Å². The fraction of sp³-hybridized carbons (Fsp3) is 0.143. The molecule has 0 bridgehead atoms. The molecule has 0 N–H and O–H groups in total. The Labute approximate surface area is 161 Å². The van der Waals surface area contributed by atoms with Crippen LogP contribution in [-0.2, 0) is 6.54 Å². The first kappa shape index (κ1) is 17.4. The monoisotopic (exact) mass is 377 g/mol. The number of rotatable bonds is 8. The lowest BCUT2D eigenvalue weighted by atomic mass is 10.2. The van der Waals surface area contributed by atoms with Crippen molar-refractivity contribution in [3.8, 4) is 17.3 Å². The van der Waals surface area contributed by atoms with Gasteiger partial charge in [0, 0.05) is 17.7 Å². The largest absolute Gasteiger partial charge is 0.493 e. The zero-order chi connectivity index (χ0) is 18.5. The highest BCUT2D eigenvalue weighted by Crippen LogP contribution is 2.29. The minimum atomic E-state index is 0.593. The molecule has 0 spiro atoms. The molecule has 0 saturated carbocycles. The molecule has 0 unspecified atom stereocenters. The topological polar surface area (TPSA) is 53.1 Å². The van der Waals surface area contributed by atoms with Gasteiger partial charge < -0.3 is 9.15 Å². The minimum Gasteiger partial charge on any atom is -0.493 e. The lowest BCUT2D eigenvalue weighted by Gasteiger charge is -2.07. The van der Waals surface area contributed by atoms with E-state index >= 15 is 0 Å². The summed E-state index contributed by atoms with van der Waals surface area (Å²) >= 11 is 1.60. The number of allylic oxidation sites excluding steroid dienone is 1. The maximum absolute atomic E-state index is 5.95. The molecule has 0 fully saturated rings. The van der Waals surface area contributed by atoms with Gasteiger partial charge in [-0.1, -0.05) is 54.2 Å². The molecule has 2 aromatic carbocycles. The number of ether oxygens (including phenoxy) is 1. The van der Waals surface area contributed by atoms with Crippen molar-refractivity contribution in [2.45, 2.75) is 11.7 Å². The minimum absolute atomic E-state index is 0.593. The van der Waals surface area contributed by atoms with E-state index in [1.54, 1.807) is 11.8 Å². The van der Waals surface area contributed by atoms with Crippen LogP contribution in [0.5, 0.6) is 5.75 Å². The number of hydrogen-bond acceptors (Lipinski definition) is 5. The number of nitrogens with zero attached hydrogens (tertiary/aromatic N) is 3. The first-order valence-corrected chi connectivity index (χ1v) is 9.67. The highest BCUT2D eigenvalue weighted by Gasteiger charge is 2.17. The Morgan fingerprint density at radius 1 is 1.07 bits per heavy atom. The van der Waals surface area contributed by atoms with Gasteiger partial charge in [-0.05, 0) is 24.3 Å². The Morgan fingerprint density at radius 3 is 2.70 bits per heavy atom. The molecule has 4 rings (SSSR count). The molecule has 2 aromatic heterocycles. The van der Waals surface area contributed by atoms with Crippen LogP contribution in [0.3, 0.4) is 0 Å². The molecule has 4 aromatic rings. The SMILES string of the molecule is C=CCn1c(SCCOc2ccccc2)nnc1-c1cc2ccccc2o1. The molecule has 0 saturated heterocycles. The summed E-state index contributed by atoms with van der Waals surface area (Å²) in [6.45, 7) is 5.05. The van der Waals surface area contributed by atoms with Crippen molar-refractivity contribution in [1.29, 1.82) is 0 Å². The fourth-order valence-corrected chi connectivity index (χ4v) is 3.54. The number of aromatic nitrogens is 3. The van der Waals surface area contributed by atoms with Crippen LogP contribution < -0.4 is 4.74 Å². The zero-order valence-corrected chi connectivity index (χ0v) is 15.6. The van der Waals surface area contributed by atoms with Gasteiger partial charge in [-0.15, -0.1) is 16.8 Å². The van der Waals surface area contributed by atoms with E-state index in [1.165, 1.54) is 0 Å². The molecule has 136 valence electrons. The van der Waals surface area contributed by atoms with Crippen LogP contribution >= 0.6 is 11.8 Å². The van der Waals surface area contributed by atoms with Gasteiger partial charge >= 0.3 is 0 Å². The standard InChI is InChI=1S/C21H19N3O2S/c1-2-12-24-20(19-15-16-8-6-7-11-18(16)26-19)22-23-21(24)27-14-13-25-17-9-4-3-5-10-17/h2-11,15H,1,12-14H2. The maximum atomic E-state index is 5.95. The summed E-state index contributed by atoms with van der Waals surface area (Å²) in [5, 5.41) is 10.6. The molecule has 5 nitrogen and oxygen atoms in total. The van der Waals surface area contributed by atoms with Crippen LogP contribution in [-0.4, -0.2) is 27.1 Å². The van der Waals surface area contributed by atoms with Crippen molar-refractivity contribution < 1.29 is 9.15 Å². The number of para-hydroxylation sites is 2. The third kappa shape index (κ3) is 3.90. The molecule has 0 atom stereocenters. The van der Waals surface area contributed by atoms with E-state index in [2.05, 4.69) is 16.8 Å². The summed E-state index contributed by atoms with van der Waals surface area (Å²) < 4.78 is 13.7. The molecule has 0 aliphatic heterocycles. The number of fused-ring (bicyclic) bond motifs is 1. The highest BCUT2D eigenvalue weighted by atomic mass is 32.2. The third-order valence-corrected chi connectivity index (χ3v) is 4.93. The van der Waals surface area contributed by atoms with E-state index in [4.69, 9.17) is 9.15 Å². The molecule has 0 aliphatic rings. The maximum Gasteiger partial charge on any atom is 0.200 e. The fourth-order valence-electron chi connectivity index (χ4n) is 2.77.